The zero-order valence-electron chi connectivity index (χ0n) is 13.2. The van der Waals surface area contributed by atoms with E-state index >= 15 is 0 Å². The Hall–Kier alpha value is -2.10. The second-order valence-corrected chi connectivity index (χ2v) is 5.34. The number of ether oxygens (including phenoxy) is 1. The predicted molar refractivity (Wildman–Crippen MR) is 85.8 cm³/mol. The molecule has 1 N–H and O–H groups in total. The molecular weight excluding hydrogens is 262 g/mol. The summed E-state index contributed by atoms with van der Waals surface area (Å²) in [6.45, 7) is 9.70. The zero-order valence-corrected chi connectivity index (χ0v) is 13.2. The van der Waals surface area contributed by atoms with Gasteiger partial charge in [-0.15, -0.1) is 0 Å². The molecule has 1 aromatic carbocycles. The van der Waals surface area contributed by atoms with Crippen LogP contribution >= 0.6 is 0 Å². The average Bonchev–Trinajstić information content (AvgIpc) is 2.45. The van der Waals surface area contributed by atoms with Crippen molar-refractivity contribution in [2.24, 2.45) is 0 Å². The molecule has 2 aromatic rings. The molecule has 4 heteroatoms. The Morgan fingerprint density at radius 1 is 1.05 bits per heavy atom. The van der Waals surface area contributed by atoms with Crippen molar-refractivity contribution in [3.05, 3.63) is 46.9 Å². The lowest BCUT2D eigenvalue weighted by Gasteiger charge is -2.13. The standard InChI is InChI=1S/C17H23N3O/c1-5-6-18-16-10-19-15(9-20-16)11-21-17-13(3)7-12(2)8-14(17)4/h7-10H,5-6,11H2,1-4H3,(H,18,20). The van der Waals surface area contributed by atoms with Gasteiger partial charge in [-0.2, -0.15) is 0 Å². The van der Waals surface area contributed by atoms with E-state index in [2.05, 4.69) is 55.1 Å². The Labute approximate surface area is 126 Å². The third-order valence-electron chi connectivity index (χ3n) is 3.23. The van der Waals surface area contributed by atoms with Crippen molar-refractivity contribution in [3.63, 3.8) is 0 Å². The highest BCUT2D eigenvalue weighted by atomic mass is 16.5. The van der Waals surface area contributed by atoms with Gasteiger partial charge in [-0.05, 0) is 38.3 Å². The van der Waals surface area contributed by atoms with Crippen LogP contribution in [-0.2, 0) is 6.61 Å². The largest absolute Gasteiger partial charge is 0.487 e. The lowest BCUT2D eigenvalue weighted by Crippen LogP contribution is -2.05. The van der Waals surface area contributed by atoms with Crippen molar-refractivity contribution in [3.8, 4) is 5.75 Å². The van der Waals surface area contributed by atoms with E-state index in [9.17, 15) is 0 Å². The molecule has 2 rings (SSSR count). The van der Waals surface area contributed by atoms with E-state index in [1.807, 2.05) is 0 Å². The third-order valence-corrected chi connectivity index (χ3v) is 3.23. The van der Waals surface area contributed by atoms with Gasteiger partial charge in [0.05, 0.1) is 18.1 Å². The molecule has 0 aliphatic heterocycles. The van der Waals surface area contributed by atoms with Gasteiger partial charge in [-0.25, -0.2) is 4.98 Å². The first-order chi connectivity index (χ1) is 10.1. The first-order valence-corrected chi connectivity index (χ1v) is 7.35. The first-order valence-electron chi connectivity index (χ1n) is 7.35. The summed E-state index contributed by atoms with van der Waals surface area (Å²) < 4.78 is 5.91. The molecule has 0 amide bonds. The van der Waals surface area contributed by atoms with Crippen molar-refractivity contribution in [2.45, 2.75) is 40.7 Å². The minimum Gasteiger partial charge on any atom is -0.487 e. The highest BCUT2D eigenvalue weighted by Crippen LogP contribution is 2.25. The van der Waals surface area contributed by atoms with Crippen LogP contribution < -0.4 is 10.1 Å². The van der Waals surface area contributed by atoms with Crippen LogP contribution in [0.5, 0.6) is 5.75 Å². The van der Waals surface area contributed by atoms with Gasteiger partial charge in [0.15, 0.2) is 0 Å². The summed E-state index contributed by atoms with van der Waals surface area (Å²) in [7, 11) is 0. The number of rotatable bonds is 6. The molecule has 0 aliphatic carbocycles. The molecule has 112 valence electrons. The second kappa shape index (κ2) is 7.07. The van der Waals surface area contributed by atoms with Gasteiger partial charge in [0.25, 0.3) is 0 Å². The van der Waals surface area contributed by atoms with Gasteiger partial charge in [-0.3, -0.25) is 4.98 Å². The molecule has 0 radical (unpaired) electrons. The predicted octanol–water partition coefficient (Wildman–Crippen LogP) is 3.80. The summed E-state index contributed by atoms with van der Waals surface area (Å²) in [4.78, 5) is 8.71. The average molecular weight is 285 g/mol. The highest BCUT2D eigenvalue weighted by molar-refractivity contribution is 5.43. The lowest BCUT2D eigenvalue weighted by atomic mass is 10.1. The highest BCUT2D eigenvalue weighted by Gasteiger charge is 2.06. The number of hydrogen-bond acceptors (Lipinski definition) is 4. The summed E-state index contributed by atoms with van der Waals surface area (Å²) in [6.07, 6.45) is 4.58. The van der Waals surface area contributed by atoms with Gasteiger partial charge in [0.1, 0.15) is 18.2 Å². The second-order valence-electron chi connectivity index (χ2n) is 5.34. The fourth-order valence-corrected chi connectivity index (χ4v) is 2.31. The topological polar surface area (TPSA) is 47.0 Å². The van der Waals surface area contributed by atoms with Crippen LogP contribution in [0.15, 0.2) is 24.5 Å². The van der Waals surface area contributed by atoms with Gasteiger partial charge in [0.2, 0.25) is 0 Å². The lowest BCUT2D eigenvalue weighted by molar-refractivity contribution is 0.296. The number of benzene rings is 1. The van der Waals surface area contributed by atoms with Crippen molar-refractivity contribution in [1.82, 2.24) is 9.97 Å². The summed E-state index contributed by atoms with van der Waals surface area (Å²) in [5.74, 6) is 1.75. The summed E-state index contributed by atoms with van der Waals surface area (Å²) >= 11 is 0. The van der Waals surface area contributed by atoms with E-state index in [1.165, 1.54) is 5.56 Å². The van der Waals surface area contributed by atoms with Crippen LogP contribution in [0, 0.1) is 20.8 Å². The van der Waals surface area contributed by atoms with E-state index < -0.39 is 0 Å². The maximum Gasteiger partial charge on any atom is 0.144 e. The minimum atomic E-state index is 0.436. The number of nitrogens with zero attached hydrogens (tertiary/aromatic N) is 2. The number of anilines is 1. The molecule has 0 aliphatic rings. The Balaban J connectivity index is 2.00. The molecule has 0 atom stereocenters. The van der Waals surface area contributed by atoms with Crippen LogP contribution in [0.4, 0.5) is 5.82 Å². The Morgan fingerprint density at radius 2 is 1.76 bits per heavy atom. The Kier molecular flexibility index (Phi) is 5.14. The minimum absolute atomic E-state index is 0.436. The van der Waals surface area contributed by atoms with E-state index in [4.69, 9.17) is 4.74 Å². The molecule has 0 unspecified atom stereocenters. The van der Waals surface area contributed by atoms with Gasteiger partial charge < -0.3 is 10.1 Å². The molecule has 0 saturated carbocycles. The molecule has 0 bridgehead atoms. The van der Waals surface area contributed by atoms with Crippen LogP contribution in [0.25, 0.3) is 0 Å². The normalized spacial score (nSPS) is 10.5. The number of hydrogen-bond donors (Lipinski definition) is 1. The van der Waals surface area contributed by atoms with Crippen LogP contribution in [0.3, 0.4) is 0 Å². The molecule has 4 nitrogen and oxygen atoms in total. The zero-order chi connectivity index (χ0) is 15.2. The number of aryl methyl sites for hydroxylation is 3. The molecule has 1 heterocycles. The van der Waals surface area contributed by atoms with Crippen molar-refractivity contribution < 1.29 is 4.74 Å². The molecule has 0 saturated heterocycles. The number of aromatic nitrogens is 2. The van der Waals surface area contributed by atoms with E-state index in [0.717, 1.165) is 41.4 Å². The smallest absolute Gasteiger partial charge is 0.144 e. The van der Waals surface area contributed by atoms with Crippen molar-refractivity contribution >= 4 is 5.82 Å². The van der Waals surface area contributed by atoms with E-state index in [-0.39, 0.29) is 0 Å². The number of nitrogens with one attached hydrogen (secondary N) is 1. The molecule has 0 spiro atoms. The van der Waals surface area contributed by atoms with Gasteiger partial charge in [-0.1, -0.05) is 24.6 Å². The van der Waals surface area contributed by atoms with Crippen LogP contribution in [0.2, 0.25) is 0 Å². The Bertz CT molecular complexity index is 570. The van der Waals surface area contributed by atoms with E-state index in [0.29, 0.717) is 6.61 Å². The summed E-state index contributed by atoms with van der Waals surface area (Å²) in [6, 6.07) is 4.26. The Morgan fingerprint density at radius 3 is 2.33 bits per heavy atom. The summed E-state index contributed by atoms with van der Waals surface area (Å²) in [5.41, 5.74) is 4.39. The maximum atomic E-state index is 5.91. The molecule has 21 heavy (non-hydrogen) atoms. The van der Waals surface area contributed by atoms with Crippen molar-refractivity contribution in [2.75, 3.05) is 11.9 Å². The van der Waals surface area contributed by atoms with Crippen molar-refractivity contribution in [1.29, 1.82) is 0 Å². The van der Waals surface area contributed by atoms with Crippen LogP contribution in [-0.4, -0.2) is 16.5 Å². The fourth-order valence-electron chi connectivity index (χ4n) is 2.31. The maximum absolute atomic E-state index is 5.91. The SMILES string of the molecule is CCCNc1cnc(COc2c(C)cc(C)cc2C)cn1. The van der Waals surface area contributed by atoms with E-state index in [1.54, 1.807) is 12.4 Å². The van der Waals surface area contributed by atoms with Gasteiger partial charge in [0, 0.05) is 6.54 Å². The fraction of sp³-hybridized carbons (Fsp3) is 0.412. The third kappa shape index (κ3) is 4.18. The quantitative estimate of drug-likeness (QED) is 0.877. The monoisotopic (exact) mass is 285 g/mol. The molecule has 1 aromatic heterocycles. The molecular formula is C17H23N3O. The first kappa shape index (κ1) is 15.3. The molecule has 0 fully saturated rings. The summed E-state index contributed by atoms with van der Waals surface area (Å²) in [5, 5.41) is 3.21. The van der Waals surface area contributed by atoms with Gasteiger partial charge >= 0.3 is 0 Å². The van der Waals surface area contributed by atoms with Crippen LogP contribution in [0.1, 0.15) is 35.7 Å².